The number of methoxy groups -OCH3 is 1. The molecule has 3 rings (SSSR count). The van der Waals surface area contributed by atoms with Gasteiger partial charge in [-0.15, -0.1) is 0 Å². The van der Waals surface area contributed by atoms with Crippen LogP contribution in [0.15, 0.2) is 52.0 Å². The number of halogens is 1. The predicted octanol–water partition coefficient (Wildman–Crippen LogP) is 3.78. The Hall–Kier alpha value is -3.46. The van der Waals surface area contributed by atoms with Crippen LogP contribution in [0.1, 0.15) is 37.7 Å². The zero-order valence-electron chi connectivity index (χ0n) is 16.5. The van der Waals surface area contributed by atoms with E-state index in [-0.39, 0.29) is 11.4 Å². The van der Waals surface area contributed by atoms with Crippen LogP contribution in [0, 0.1) is 13.8 Å². The van der Waals surface area contributed by atoms with Crippen molar-refractivity contribution in [2.75, 3.05) is 7.11 Å². The van der Waals surface area contributed by atoms with Gasteiger partial charge in [0.25, 0.3) is 5.91 Å². The molecule has 0 aliphatic carbocycles. The number of carbonyl (C=O) groups excluding carboxylic acids is 2. The first-order chi connectivity index (χ1) is 14.4. The van der Waals surface area contributed by atoms with E-state index in [2.05, 4.69) is 36.7 Å². The van der Waals surface area contributed by atoms with E-state index in [0.717, 1.165) is 11.3 Å². The molecular weight excluding hydrogens is 452 g/mol. The van der Waals surface area contributed by atoms with Gasteiger partial charge in [-0.1, -0.05) is 17.7 Å². The Morgan fingerprint density at radius 1 is 1.17 bits per heavy atom. The lowest BCUT2D eigenvalue weighted by molar-refractivity contribution is 0.0728. The molecule has 9 heteroatoms. The molecule has 0 fully saturated rings. The van der Waals surface area contributed by atoms with Gasteiger partial charge in [-0.05, 0) is 65.7 Å². The van der Waals surface area contributed by atoms with Gasteiger partial charge in [0.15, 0.2) is 17.2 Å². The number of ether oxygens (including phenoxy) is 2. The number of carbonyl (C=O) groups is 2. The van der Waals surface area contributed by atoms with Crippen LogP contribution in [0.25, 0.3) is 0 Å². The van der Waals surface area contributed by atoms with Crippen molar-refractivity contribution >= 4 is 34.0 Å². The Morgan fingerprint density at radius 3 is 2.53 bits per heavy atom. The van der Waals surface area contributed by atoms with Crippen molar-refractivity contribution in [1.82, 2.24) is 15.6 Å². The summed E-state index contributed by atoms with van der Waals surface area (Å²) in [6.07, 6.45) is 1.44. The fourth-order valence-corrected chi connectivity index (χ4v) is 3.05. The van der Waals surface area contributed by atoms with Crippen LogP contribution in [-0.2, 0) is 0 Å². The van der Waals surface area contributed by atoms with Gasteiger partial charge in [0, 0.05) is 5.69 Å². The van der Waals surface area contributed by atoms with Gasteiger partial charge in [-0.2, -0.15) is 10.2 Å². The molecule has 1 heterocycles. The second-order valence-electron chi connectivity index (χ2n) is 6.42. The summed E-state index contributed by atoms with van der Waals surface area (Å²) in [5.74, 6) is -0.362. The van der Waals surface area contributed by atoms with Gasteiger partial charge in [0.2, 0.25) is 0 Å². The van der Waals surface area contributed by atoms with Crippen LogP contribution >= 0.6 is 15.9 Å². The number of rotatable bonds is 6. The quantitative estimate of drug-likeness (QED) is 0.246. The van der Waals surface area contributed by atoms with Crippen LogP contribution in [0.4, 0.5) is 0 Å². The van der Waals surface area contributed by atoms with Gasteiger partial charge in [-0.3, -0.25) is 9.89 Å². The molecule has 0 saturated heterocycles. The predicted molar refractivity (Wildman–Crippen MR) is 115 cm³/mol. The molecule has 0 atom stereocenters. The van der Waals surface area contributed by atoms with Crippen molar-refractivity contribution in [1.29, 1.82) is 0 Å². The number of aromatic amines is 1. The Labute approximate surface area is 181 Å². The molecule has 0 radical (unpaired) electrons. The number of benzene rings is 2. The summed E-state index contributed by atoms with van der Waals surface area (Å²) in [6.45, 7) is 3.73. The van der Waals surface area contributed by atoms with E-state index in [4.69, 9.17) is 9.47 Å². The molecule has 0 spiro atoms. The Balaban J connectivity index is 1.74. The summed E-state index contributed by atoms with van der Waals surface area (Å²) in [5.41, 5.74) is 5.50. The molecule has 3 aromatic rings. The number of H-pyrrole nitrogens is 1. The molecule has 0 saturated carbocycles. The van der Waals surface area contributed by atoms with Crippen LogP contribution in [-0.4, -0.2) is 35.4 Å². The molecule has 2 N–H and O–H groups in total. The fraction of sp³-hybridized carbons (Fsp3) is 0.143. The highest BCUT2D eigenvalue weighted by atomic mass is 79.9. The van der Waals surface area contributed by atoms with E-state index in [1.165, 1.54) is 13.3 Å². The van der Waals surface area contributed by atoms with E-state index in [9.17, 15) is 9.59 Å². The van der Waals surface area contributed by atoms with E-state index >= 15 is 0 Å². The molecule has 30 heavy (non-hydrogen) atoms. The number of aromatic nitrogens is 2. The molecule has 1 aromatic heterocycles. The van der Waals surface area contributed by atoms with Crippen LogP contribution in [0.3, 0.4) is 0 Å². The lowest BCUT2D eigenvalue weighted by Crippen LogP contribution is -2.18. The minimum atomic E-state index is -0.503. The smallest absolute Gasteiger partial charge is 0.343 e. The van der Waals surface area contributed by atoms with Gasteiger partial charge < -0.3 is 9.47 Å². The van der Waals surface area contributed by atoms with Crippen LogP contribution < -0.4 is 14.9 Å². The maximum absolute atomic E-state index is 12.4. The molecule has 0 aliphatic rings. The third-order valence-electron chi connectivity index (χ3n) is 4.05. The number of aryl methyl sites for hydroxylation is 2. The largest absolute Gasteiger partial charge is 0.493 e. The summed E-state index contributed by atoms with van der Waals surface area (Å²) in [4.78, 5) is 24.4. The number of nitrogens with one attached hydrogen (secondary N) is 2. The summed E-state index contributed by atoms with van der Waals surface area (Å²) >= 11 is 3.39. The van der Waals surface area contributed by atoms with Crippen molar-refractivity contribution in [3.8, 4) is 11.5 Å². The SMILES string of the molecule is COc1cc(/C=N\NC(=O)c2cc(C)[nH]n2)cc(Br)c1OC(=O)c1ccc(C)cc1. The van der Waals surface area contributed by atoms with Crippen molar-refractivity contribution in [3.63, 3.8) is 0 Å². The van der Waals surface area contributed by atoms with E-state index in [0.29, 0.717) is 21.3 Å². The Bertz CT molecular complexity index is 1110. The second kappa shape index (κ2) is 9.36. The molecule has 154 valence electrons. The van der Waals surface area contributed by atoms with Crippen molar-refractivity contribution in [3.05, 3.63) is 75.0 Å². The lowest BCUT2D eigenvalue weighted by atomic mass is 10.1. The van der Waals surface area contributed by atoms with Crippen LogP contribution in [0.2, 0.25) is 0 Å². The number of esters is 1. The first-order valence-corrected chi connectivity index (χ1v) is 9.68. The highest BCUT2D eigenvalue weighted by Crippen LogP contribution is 2.36. The average molecular weight is 471 g/mol. The third-order valence-corrected chi connectivity index (χ3v) is 4.64. The van der Waals surface area contributed by atoms with E-state index in [1.54, 1.807) is 37.3 Å². The number of hydrogen-bond acceptors (Lipinski definition) is 6. The Kier molecular flexibility index (Phi) is 6.63. The lowest BCUT2D eigenvalue weighted by Gasteiger charge is -2.12. The highest BCUT2D eigenvalue weighted by molar-refractivity contribution is 9.10. The molecule has 0 unspecified atom stereocenters. The van der Waals surface area contributed by atoms with E-state index < -0.39 is 11.9 Å². The first-order valence-electron chi connectivity index (χ1n) is 8.89. The molecule has 0 bridgehead atoms. The van der Waals surface area contributed by atoms with Gasteiger partial charge in [0.1, 0.15) is 0 Å². The van der Waals surface area contributed by atoms with Crippen molar-refractivity contribution in [2.24, 2.45) is 5.10 Å². The minimum absolute atomic E-state index is 0.238. The second-order valence-corrected chi connectivity index (χ2v) is 7.28. The van der Waals surface area contributed by atoms with Gasteiger partial charge >= 0.3 is 5.97 Å². The molecule has 1 amide bonds. The summed E-state index contributed by atoms with van der Waals surface area (Å²) in [7, 11) is 1.47. The molecular formula is C21H19BrN4O4. The topological polar surface area (TPSA) is 106 Å². The zero-order chi connectivity index (χ0) is 21.7. The van der Waals surface area contributed by atoms with Gasteiger partial charge in [0.05, 0.1) is 23.4 Å². The third kappa shape index (κ3) is 5.12. The van der Waals surface area contributed by atoms with Crippen molar-refractivity contribution in [2.45, 2.75) is 13.8 Å². The van der Waals surface area contributed by atoms with Gasteiger partial charge in [-0.25, -0.2) is 10.2 Å². The molecule has 8 nitrogen and oxygen atoms in total. The number of amides is 1. The highest BCUT2D eigenvalue weighted by Gasteiger charge is 2.17. The first kappa shape index (κ1) is 21.3. The van der Waals surface area contributed by atoms with Crippen LogP contribution in [0.5, 0.6) is 11.5 Å². The normalized spacial score (nSPS) is 10.8. The molecule has 2 aromatic carbocycles. The number of nitrogens with zero attached hydrogens (tertiary/aromatic N) is 2. The number of hydrazone groups is 1. The number of hydrogen-bond donors (Lipinski definition) is 2. The average Bonchev–Trinajstić information content (AvgIpc) is 3.16. The van der Waals surface area contributed by atoms with Crippen molar-refractivity contribution < 1.29 is 19.1 Å². The standard InChI is InChI=1S/C21H19BrN4O4/c1-12-4-6-15(7-5-12)21(28)30-19-16(22)9-14(10-18(19)29-3)11-23-26-20(27)17-8-13(2)24-25-17/h4-11H,1-3H3,(H,24,25)(H,26,27)/b23-11-. The maximum Gasteiger partial charge on any atom is 0.343 e. The zero-order valence-corrected chi connectivity index (χ0v) is 18.1. The molecule has 0 aliphatic heterocycles. The minimum Gasteiger partial charge on any atom is -0.493 e. The monoisotopic (exact) mass is 470 g/mol. The Morgan fingerprint density at radius 2 is 1.90 bits per heavy atom. The van der Waals surface area contributed by atoms with E-state index in [1.807, 2.05) is 19.1 Å². The maximum atomic E-state index is 12.4. The fourth-order valence-electron chi connectivity index (χ4n) is 2.51. The summed E-state index contributed by atoms with van der Waals surface area (Å²) in [6, 6.07) is 12.0. The summed E-state index contributed by atoms with van der Waals surface area (Å²) < 4.78 is 11.4. The summed E-state index contributed by atoms with van der Waals surface area (Å²) in [5, 5.41) is 10.5.